The SMILES string of the molecule is CCO/C(O[Si](C)(C)C(C)(C)C)=C(\Cc1ccccc1)N(Cc1ccc(OC)cc1)C(=O)/C=C/c1ccccc1. The zero-order valence-corrected chi connectivity index (χ0v) is 25.9. The van der Waals surface area contributed by atoms with Crippen LogP contribution in [0.5, 0.6) is 5.75 Å². The molecular formula is C34H43NO4Si. The molecule has 1 amide bonds. The van der Waals surface area contributed by atoms with Crippen molar-refractivity contribution in [2.75, 3.05) is 13.7 Å². The van der Waals surface area contributed by atoms with Crippen LogP contribution in [0.2, 0.25) is 18.1 Å². The number of benzene rings is 3. The van der Waals surface area contributed by atoms with Crippen molar-refractivity contribution in [2.24, 2.45) is 0 Å². The average Bonchev–Trinajstić information content (AvgIpc) is 2.94. The van der Waals surface area contributed by atoms with Crippen molar-refractivity contribution in [2.45, 2.75) is 58.8 Å². The maximum atomic E-state index is 14.0. The van der Waals surface area contributed by atoms with E-state index in [1.807, 2.05) is 85.8 Å². The number of allylic oxidation sites excluding steroid dienone is 1. The van der Waals surface area contributed by atoms with Crippen molar-refractivity contribution in [1.29, 1.82) is 0 Å². The molecule has 3 aromatic carbocycles. The molecule has 40 heavy (non-hydrogen) atoms. The summed E-state index contributed by atoms with van der Waals surface area (Å²) in [4.78, 5) is 15.8. The first-order valence-electron chi connectivity index (χ1n) is 13.8. The van der Waals surface area contributed by atoms with E-state index in [4.69, 9.17) is 13.9 Å². The highest BCUT2D eigenvalue weighted by Gasteiger charge is 2.41. The topological polar surface area (TPSA) is 48.0 Å². The number of carbonyl (C=O) groups is 1. The highest BCUT2D eigenvalue weighted by Crippen LogP contribution is 2.39. The summed E-state index contributed by atoms with van der Waals surface area (Å²) in [5.74, 6) is 1.04. The summed E-state index contributed by atoms with van der Waals surface area (Å²) in [5.41, 5.74) is 3.69. The van der Waals surface area contributed by atoms with E-state index in [-0.39, 0.29) is 10.9 Å². The van der Waals surface area contributed by atoms with Crippen molar-refractivity contribution in [3.05, 3.63) is 119 Å². The second kappa shape index (κ2) is 14.0. The molecule has 0 fully saturated rings. The van der Waals surface area contributed by atoms with Gasteiger partial charge in [-0.3, -0.25) is 4.79 Å². The molecule has 3 aromatic rings. The molecule has 3 rings (SSSR count). The summed E-state index contributed by atoms with van der Waals surface area (Å²) < 4.78 is 18.4. The van der Waals surface area contributed by atoms with Crippen LogP contribution >= 0.6 is 0 Å². The summed E-state index contributed by atoms with van der Waals surface area (Å²) in [6.07, 6.45) is 3.95. The number of carbonyl (C=O) groups excluding carboxylic acids is 1. The maximum Gasteiger partial charge on any atom is 0.286 e. The fourth-order valence-corrected chi connectivity index (χ4v) is 4.74. The minimum absolute atomic E-state index is 0.0504. The quantitative estimate of drug-likeness (QED) is 0.128. The number of hydrogen-bond acceptors (Lipinski definition) is 4. The molecule has 0 saturated heterocycles. The molecule has 0 unspecified atom stereocenters. The molecule has 0 aliphatic heterocycles. The van der Waals surface area contributed by atoms with Gasteiger partial charge in [0.1, 0.15) is 11.4 Å². The van der Waals surface area contributed by atoms with Gasteiger partial charge >= 0.3 is 0 Å². The standard InChI is InChI=1S/C34H43NO4Si/c1-8-38-33(39-40(6,7)34(2,3)4)31(25-28-17-13-10-14-18-28)35(26-29-19-22-30(37-5)23-20-29)32(36)24-21-27-15-11-9-12-16-27/h9-24H,8,25-26H2,1-7H3/b24-21+,33-31-. The smallest absolute Gasteiger partial charge is 0.286 e. The average molecular weight is 558 g/mol. The molecule has 0 N–H and O–H groups in total. The van der Waals surface area contributed by atoms with Crippen LogP contribution in [0.15, 0.2) is 103 Å². The molecule has 0 atom stereocenters. The lowest BCUT2D eigenvalue weighted by molar-refractivity contribution is -0.125. The second-order valence-electron chi connectivity index (χ2n) is 11.2. The Labute approximate surface area is 241 Å². The second-order valence-corrected chi connectivity index (χ2v) is 15.9. The van der Waals surface area contributed by atoms with Gasteiger partial charge in [-0.1, -0.05) is 93.6 Å². The molecule has 0 spiro atoms. The number of hydrogen-bond donors (Lipinski definition) is 0. The Morgan fingerprint density at radius 2 is 1.48 bits per heavy atom. The number of ether oxygens (including phenoxy) is 2. The molecule has 212 valence electrons. The van der Waals surface area contributed by atoms with Crippen LogP contribution in [0.4, 0.5) is 0 Å². The Balaban J connectivity index is 2.16. The van der Waals surface area contributed by atoms with Gasteiger partial charge < -0.3 is 18.8 Å². The number of amides is 1. The molecule has 6 heteroatoms. The van der Waals surface area contributed by atoms with Gasteiger partial charge in [-0.25, -0.2) is 0 Å². The van der Waals surface area contributed by atoms with E-state index < -0.39 is 8.32 Å². The summed E-state index contributed by atoms with van der Waals surface area (Å²) in [5, 5.41) is -0.0504. The summed E-state index contributed by atoms with van der Waals surface area (Å²) >= 11 is 0. The van der Waals surface area contributed by atoms with Crippen LogP contribution in [0.3, 0.4) is 0 Å². The van der Waals surface area contributed by atoms with Crippen LogP contribution in [0, 0.1) is 0 Å². The van der Waals surface area contributed by atoms with E-state index in [9.17, 15) is 4.79 Å². The van der Waals surface area contributed by atoms with Crippen molar-refractivity contribution < 1.29 is 18.7 Å². The lowest BCUT2D eigenvalue weighted by Gasteiger charge is -2.38. The van der Waals surface area contributed by atoms with Gasteiger partial charge in [0.05, 0.1) is 20.3 Å². The minimum Gasteiger partial charge on any atom is -0.518 e. The minimum atomic E-state index is -2.30. The first-order chi connectivity index (χ1) is 19.0. The van der Waals surface area contributed by atoms with Crippen LogP contribution < -0.4 is 4.74 Å². The molecule has 0 radical (unpaired) electrons. The maximum absolute atomic E-state index is 14.0. The Morgan fingerprint density at radius 1 is 0.875 bits per heavy atom. The normalized spacial score (nSPS) is 12.6. The van der Waals surface area contributed by atoms with Crippen molar-refractivity contribution >= 4 is 20.3 Å². The third kappa shape index (κ3) is 8.62. The van der Waals surface area contributed by atoms with Gasteiger partial charge in [0.2, 0.25) is 0 Å². The largest absolute Gasteiger partial charge is 0.518 e. The van der Waals surface area contributed by atoms with Crippen LogP contribution in [0.25, 0.3) is 6.08 Å². The third-order valence-corrected chi connectivity index (χ3v) is 11.5. The molecular weight excluding hydrogens is 514 g/mol. The molecule has 0 aliphatic carbocycles. The Hall–Kier alpha value is -3.77. The Bertz CT molecular complexity index is 1280. The Morgan fingerprint density at radius 3 is 2.02 bits per heavy atom. The molecule has 0 heterocycles. The van der Waals surface area contributed by atoms with Gasteiger partial charge in [0.25, 0.3) is 20.2 Å². The number of methoxy groups -OCH3 is 1. The lowest BCUT2D eigenvalue weighted by Crippen LogP contribution is -2.42. The van der Waals surface area contributed by atoms with E-state index >= 15 is 0 Å². The molecule has 0 aliphatic rings. The van der Waals surface area contributed by atoms with E-state index in [0.717, 1.165) is 22.4 Å². The van der Waals surface area contributed by atoms with Gasteiger partial charge in [-0.2, -0.15) is 0 Å². The predicted octanol–water partition coefficient (Wildman–Crippen LogP) is 8.21. The van der Waals surface area contributed by atoms with Crippen LogP contribution in [-0.4, -0.2) is 32.8 Å². The monoisotopic (exact) mass is 557 g/mol. The molecule has 0 bridgehead atoms. The van der Waals surface area contributed by atoms with Gasteiger partial charge in [0, 0.05) is 12.5 Å². The first-order valence-corrected chi connectivity index (χ1v) is 16.7. The van der Waals surface area contributed by atoms with E-state index in [1.165, 1.54) is 0 Å². The van der Waals surface area contributed by atoms with Crippen LogP contribution in [0.1, 0.15) is 44.4 Å². The van der Waals surface area contributed by atoms with Gasteiger partial charge in [-0.15, -0.1) is 0 Å². The van der Waals surface area contributed by atoms with E-state index in [2.05, 4.69) is 46.0 Å². The van der Waals surface area contributed by atoms with Crippen molar-refractivity contribution in [1.82, 2.24) is 4.90 Å². The molecule has 0 aromatic heterocycles. The highest BCUT2D eigenvalue weighted by molar-refractivity contribution is 6.74. The Kier molecular flexibility index (Phi) is 10.8. The summed E-state index contributed by atoms with van der Waals surface area (Å²) in [6.45, 7) is 13.7. The summed E-state index contributed by atoms with van der Waals surface area (Å²) in [6, 6.07) is 27.7. The lowest BCUT2D eigenvalue weighted by atomic mass is 10.1. The number of nitrogens with zero attached hydrogens (tertiary/aromatic N) is 1. The first kappa shape index (κ1) is 30.8. The fraction of sp³-hybridized carbons (Fsp3) is 0.324. The number of rotatable bonds is 12. The fourth-order valence-electron chi connectivity index (χ4n) is 3.80. The van der Waals surface area contributed by atoms with Gasteiger partial charge in [0.15, 0.2) is 0 Å². The zero-order chi connectivity index (χ0) is 29.2. The predicted molar refractivity (Wildman–Crippen MR) is 166 cm³/mol. The van der Waals surface area contributed by atoms with E-state index in [1.54, 1.807) is 18.1 Å². The van der Waals surface area contributed by atoms with Gasteiger partial charge in [-0.05, 0) is 60.0 Å². The van der Waals surface area contributed by atoms with E-state index in [0.29, 0.717) is 31.2 Å². The third-order valence-electron chi connectivity index (χ3n) is 7.19. The zero-order valence-electron chi connectivity index (χ0n) is 24.9. The van der Waals surface area contributed by atoms with Crippen molar-refractivity contribution in [3.63, 3.8) is 0 Å². The highest BCUT2D eigenvalue weighted by atomic mass is 28.4. The molecule has 0 saturated carbocycles. The van der Waals surface area contributed by atoms with Crippen LogP contribution in [-0.2, 0) is 26.9 Å². The summed E-state index contributed by atoms with van der Waals surface area (Å²) in [7, 11) is -0.651. The molecule has 5 nitrogen and oxygen atoms in total. The van der Waals surface area contributed by atoms with Crippen molar-refractivity contribution in [3.8, 4) is 5.75 Å².